The van der Waals surface area contributed by atoms with Crippen molar-refractivity contribution in [3.05, 3.63) is 35.9 Å². The zero-order chi connectivity index (χ0) is 13.1. The molecule has 1 fully saturated rings. The van der Waals surface area contributed by atoms with Gasteiger partial charge in [0.1, 0.15) is 0 Å². The van der Waals surface area contributed by atoms with E-state index in [2.05, 4.69) is 49.9 Å². The van der Waals surface area contributed by atoms with Gasteiger partial charge in [0.25, 0.3) is 0 Å². The van der Waals surface area contributed by atoms with Crippen molar-refractivity contribution in [2.24, 2.45) is 5.73 Å². The van der Waals surface area contributed by atoms with Gasteiger partial charge < -0.3 is 10.5 Å². The minimum Gasteiger partial charge on any atom is -0.376 e. The number of nitrogens with zero attached hydrogens (tertiary/aromatic N) is 1. The Labute approximate surface area is 110 Å². The van der Waals surface area contributed by atoms with E-state index < -0.39 is 0 Å². The van der Waals surface area contributed by atoms with Crippen molar-refractivity contribution in [1.29, 1.82) is 0 Å². The van der Waals surface area contributed by atoms with Gasteiger partial charge in [-0.05, 0) is 26.3 Å². The second kappa shape index (κ2) is 5.83. The first-order valence-corrected chi connectivity index (χ1v) is 6.77. The average molecular weight is 248 g/mol. The van der Waals surface area contributed by atoms with E-state index in [4.69, 9.17) is 10.5 Å². The monoisotopic (exact) mass is 248 g/mol. The second-order valence-electron chi connectivity index (χ2n) is 5.40. The molecule has 0 bridgehead atoms. The third-order valence-electron chi connectivity index (χ3n) is 3.65. The standard InChI is InChI=1S/C15H24N2O/c1-11-10-18-12(2)9-17(11)15(13(3)16)14-7-5-4-6-8-14/h4-8,11-13,15H,9-10,16H2,1-3H3. The molecule has 0 radical (unpaired) electrons. The lowest BCUT2D eigenvalue weighted by atomic mass is 9.96. The van der Waals surface area contributed by atoms with Gasteiger partial charge in [0.2, 0.25) is 0 Å². The highest BCUT2D eigenvalue weighted by molar-refractivity contribution is 5.21. The molecule has 0 saturated carbocycles. The van der Waals surface area contributed by atoms with Crippen LogP contribution < -0.4 is 5.73 Å². The average Bonchev–Trinajstić information content (AvgIpc) is 2.35. The van der Waals surface area contributed by atoms with Gasteiger partial charge in [0.05, 0.1) is 18.8 Å². The maximum atomic E-state index is 6.22. The van der Waals surface area contributed by atoms with E-state index >= 15 is 0 Å². The number of benzene rings is 1. The molecule has 3 nitrogen and oxygen atoms in total. The summed E-state index contributed by atoms with van der Waals surface area (Å²) in [6, 6.07) is 11.3. The molecule has 0 amide bonds. The van der Waals surface area contributed by atoms with Crippen LogP contribution in [0.3, 0.4) is 0 Å². The molecule has 100 valence electrons. The quantitative estimate of drug-likeness (QED) is 0.891. The zero-order valence-electron chi connectivity index (χ0n) is 11.5. The Kier molecular flexibility index (Phi) is 4.38. The predicted molar refractivity (Wildman–Crippen MR) is 74.4 cm³/mol. The highest BCUT2D eigenvalue weighted by Crippen LogP contribution is 2.28. The molecule has 3 heteroatoms. The SMILES string of the molecule is CC1CN(C(c2ccccc2)C(C)N)C(C)CO1. The summed E-state index contributed by atoms with van der Waals surface area (Å²) in [6.07, 6.45) is 0.283. The molecule has 0 aromatic heterocycles. The van der Waals surface area contributed by atoms with Crippen molar-refractivity contribution < 1.29 is 4.74 Å². The van der Waals surface area contributed by atoms with Gasteiger partial charge in [-0.3, -0.25) is 4.90 Å². The maximum Gasteiger partial charge on any atom is 0.0675 e. The summed E-state index contributed by atoms with van der Waals surface area (Å²) < 4.78 is 5.70. The molecule has 2 rings (SSSR count). The number of nitrogens with two attached hydrogens (primary N) is 1. The van der Waals surface area contributed by atoms with Gasteiger partial charge in [-0.15, -0.1) is 0 Å². The lowest BCUT2D eigenvalue weighted by molar-refractivity contribution is -0.0697. The van der Waals surface area contributed by atoms with Crippen LogP contribution in [0.15, 0.2) is 30.3 Å². The van der Waals surface area contributed by atoms with Crippen LogP contribution in [-0.4, -0.2) is 36.2 Å². The molecule has 2 N–H and O–H groups in total. The van der Waals surface area contributed by atoms with Crippen LogP contribution in [0.2, 0.25) is 0 Å². The summed E-state index contributed by atoms with van der Waals surface area (Å²) in [5.74, 6) is 0. The molecule has 1 aromatic carbocycles. The van der Waals surface area contributed by atoms with Gasteiger partial charge in [-0.25, -0.2) is 0 Å². The lowest BCUT2D eigenvalue weighted by Crippen LogP contribution is -2.52. The van der Waals surface area contributed by atoms with Crippen molar-refractivity contribution in [2.45, 2.75) is 45.0 Å². The third-order valence-corrected chi connectivity index (χ3v) is 3.65. The number of hydrogen-bond donors (Lipinski definition) is 1. The molecule has 1 aliphatic heterocycles. The first-order valence-electron chi connectivity index (χ1n) is 6.77. The van der Waals surface area contributed by atoms with E-state index in [1.807, 2.05) is 6.07 Å². The van der Waals surface area contributed by atoms with Gasteiger partial charge in [-0.1, -0.05) is 30.3 Å². The largest absolute Gasteiger partial charge is 0.376 e. The molecule has 1 saturated heterocycles. The summed E-state index contributed by atoms with van der Waals surface area (Å²) in [4.78, 5) is 2.48. The number of rotatable bonds is 3. The molecule has 0 aliphatic carbocycles. The van der Waals surface area contributed by atoms with Crippen molar-refractivity contribution in [3.8, 4) is 0 Å². The van der Waals surface area contributed by atoms with E-state index in [1.54, 1.807) is 0 Å². The zero-order valence-corrected chi connectivity index (χ0v) is 11.5. The smallest absolute Gasteiger partial charge is 0.0675 e. The Hall–Kier alpha value is -0.900. The van der Waals surface area contributed by atoms with Crippen LogP contribution in [0, 0.1) is 0 Å². The van der Waals surface area contributed by atoms with Crippen molar-refractivity contribution in [2.75, 3.05) is 13.2 Å². The topological polar surface area (TPSA) is 38.5 Å². The molecular formula is C15H24N2O. The van der Waals surface area contributed by atoms with E-state index in [1.165, 1.54) is 5.56 Å². The van der Waals surface area contributed by atoms with Crippen LogP contribution in [-0.2, 0) is 4.74 Å². The highest BCUT2D eigenvalue weighted by atomic mass is 16.5. The van der Waals surface area contributed by atoms with Gasteiger partial charge >= 0.3 is 0 Å². The van der Waals surface area contributed by atoms with Gasteiger partial charge in [0, 0.05) is 18.6 Å². The molecule has 1 aliphatic rings. The summed E-state index contributed by atoms with van der Waals surface area (Å²) in [7, 11) is 0. The van der Waals surface area contributed by atoms with Crippen LogP contribution in [0.4, 0.5) is 0 Å². The summed E-state index contributed by atoms with van der Waals surface area (Å²) in [6.45, 7) is 8.16. The van der Waals surface area contributed by atoms with Crippen molar-refractivity contribution in [1.82, 2.24) is 4.90 Å². The lowest BCUT2D eigenvalue weighted by Gasteiger charge is -2.43. The van der Waals surface area contributed by atoms with Crippen LogP contribution in [0.25, 0.3) is 0 Å². The molecule has 1 heterocycles. The van der Waals surface area contributed by atoms with Crippen molar-refractivity contribution >= 4 is 0 Å². The molecular weight excluding hydrogens is 224 g/mol. The summed E-state index contributed by atoms with van der Waals surface area (Å²) >= 11 is 0. The van der Waals surface area contributed by atoms with Crippen LogP contribution in [0.5, 0.6) is 0 Å². The maximum absolute atomic E-state index is 6.22. The molecule has 4 atom stereocenters. The second-order valence-corrected chi connectivity index (χ2v) is 5.40. The highest BCUT2D eigenvalue weighted by Gasteiger charge is 2.32. The fourth-order valence-corrected chi connectivity index (χ4v) is 2.76. The fraction of sp³-hybridized carbons (Fsp3) is 0.600. The summed E-state index contributed by atoms with van der Waals surface area (Å²) in [5, 5.41) is 0. The van der Waals surface area contributed by atoms with E-state index in [-0.39, 0.29) is 18.2 Å². The molecule has 18 heavy (non-hydrogen) atoms. The first-order chi connectivity index (χ1) is 8.59. The first kappa shape index (κ1) is 13.5. The molecule has 4 unspecified atom stereocenters. The summed E-state index contributed by atoms with van der Waals surface area (Å²) in [5.41, 5.74) is 7.52. The Morgan fingerprint density at radius 1 is 1.28 bits per heavy atom. The van der Waals surface area contributed by atoms with Crippen LogP contribution >= 0.6 is 0 Å². The van der Waals surface area contributed by atoms with Gasteiger partial charge in [0.15, 0.2) is 0 Å². The van der Waals surface area contributed by atoms with E-state index in [0.717, 1.165) is 13.2 Å². The Morgan fingerprint density at radius 2 is 1.94 bits per heavy atom. The minimum absolute atomic E-state index is 0.111. The normalized spacial score (nSPS) is 28.9. The number of hydrogen-bond acceptors (Lipinski definition) is 3. The van der Waals surface area contributed by atoms with Crippen molar-refractivity contribution in [3.63, 3.8) is 0 Å². The number of ether oxygens (including phenoxy) is 1. The predicted octanol–water partition coefficient (Wildman–Crippen LogP) is 2.18. The third kappa shape index (κ3) is 2.91. The fourth-order valence-electron chi connectivity index (χ4n) is 2.76. The number of morpholine rings is 1. The van der Waals surface area contributed by atoms with E-state index in [0.29, 0.717) is 6.04 Å². The van der Waals surface area contributed by atoms with E-state index in [9.17, 15) is 0 Å². The molecule has 0 spiro atoms. The van der Waals surface area contributed by atoms with Gasteiger partial charge in [-0.2, -0.15) is 0 Å². The Balaban J connectivity index is 2.24. The molecule has 1 aromatic rings. The minimum atomic E-state index is 0.111. The Bertz CT molecular complexity index is 366. The van der Waals surface area contributed by atoms with Crippen LogP contribution in [0.1, 0.15) is 32.4 Å². The Morgan fingerprint density at radius 3 is 2.56 bits per heavy atom.